The number of aliphatic hydroxyl groups excluding tert-OH is 1. The van der Waals surface area contributed by atoms with Gasteiger partial charge in [-0.1, -0.05) is 19.1 Å². The molecule has 0 unspecified atom stereocenters. The summed E-state index contributed by atoms with van der Waals surface area (Å²) in [4.78, 5) is 13.3. The first kappa shape index (κ1) is 11.7. The van der Waals surface area contributed by atoms with Crippen molar-refractivity contribution in [1.29, 1.82) is 0 Å². The zero-order valence-corrected chi connectivity index (χ0v) is 10.2. The molecule has 2 rings (SSSR count). The van der Waals surface area contributed by atoms with Crippen LogP contribution in [0.2, 0.25) is 0 Å². The van der Waals surface area contributed by atoms with E-state index in [1.165, 1.54) is 4.90 Å². The maximum absolute atomic E-state index is 12.1. The first-order chi connectivity index (χ1) is 7.72. The van der Waals surface area contributed by atoms with Gasteiger partial charge in [0.15, 0.2) is 5.78 Å². The molecule has 0 bridgehead atoms. The minimum absolute atomic E-state index is 0.0166. The van der Waals surface area contributed by atoms with Gasteiger partial charge in [0.25, 0.3) is 0 Å². The van der Waals surface area contributed by atoms with Gasteiger partial charge >= 0.3 is 0 Å². The Kier molecular flexibility index (Phi) is 3.36. The molecule has 1 fully saturated rings. The SMILES string of the molecule is CCSc1ccc(C(=O)C2(CO)CC2)cc1. The number of aliphatic hydroxyl groups is 1. The Morgan fingerprint density at radius 2 is 2.00 bits per heavy atom. The number of ketones is 1. The zero-order valence-electron chi connectivity index (χ0n) is 9.40. The van der Waals surface area contributed by atoms with Crippen molar-refractivity contribution in [3.63, 3.8) is 0 Å². The summed E-state index contributed by atoms with van der Waals surface area (Å²) in [5.41, 5.74) is 0.284. The van der Waals surface area contributed by atoms with Gasteiger partial charge in [-0.15, -0.1) is 11.8 Å². The highest BCUT2D eigenvalue weighted by atomic mass is 32.2. The number of rotatable bonds is 5. The number of thioether (sulfide) groups is 1. The number of hydrogen-bond acceptors (Lipinski definition) is 3. The first-order valence-corrected chi connectivity index (χ1v) is 6.59. The maximum atomic E-state index is 12.1. The van der Waals surface area contributed by atoms with Crippen LogP contribution >= 0.6 is 11.8 Å². The van der Waals surface area contributed by atoms with Crippen LogP contribution in [-0.4, -0.2) is 23.2 Å². The molecule has 0 aliphatic heterocycles. The maximum Gasteiger partial charge on any atom is 0.171 e. The normalized spacial score (nSPS) is 17.1. The van der Waals surface area contributed by atoms with Gasteiger partial charge in [0.05, 0.1) is 12.0 Å². The van der Waals surface area contributed by atoms with E-state index in [-0.39, 0.29) is 12.4 Å². The molecule has 16 heavy (non-hydrogen) atoms. The quantitative estimate of drug-likeness (QED) is 0.631. The van der Waals surface area contributed by atoms with Crippen LogP contribution in [0.5, 0.6) is 0 Å². The average Bonchev–Trinajstić information content (AvgIpc) is 3.10. The predicted octanol–water partition coefficient (Wildman–Crippen LogP) is 2.75. The van der Waals surface area contributed by atoms with E-state index in [0.717, 1.165) is 24.2 Å². The summed E-state index contributed by atoms with van der Waals surface area (Å²) in [5, 5.41) is 9.20. The van der Waals surface area contributed by atoms with E-state index >= 15 is 0 Å². The number of carbonyl (C=O) groups excluding carboxylic acids is 1. The van der Waals surface area contributed by atoms with Crippen molar-refractivity contribution >= 4 is 17.5 Å². The fourth-order valence-corrected chi connectivity index (χ4v) is 2.45. The smallest absolute Gasteiger partial charge is 0.171 e. The first-order valence-electron chi connectivity index (χ1n) is 5.60. The highest BCUT2D eigenvalue weighted by Crippen LogP contribution is 2.47. The molecule has 0 spiro atoms. The van der Waals surface area contributed by atoms with Gasteiger partial charge in [0, 0.05) is 10.5 Å². The molecule has 1 aromatic carbocycles. The lowest BCUT2D eigenvalue weighted by molar-refractivity contribution is 0.0829. The second kappa shape index (κ2) is 4.60. The number of carbonyl (C=O) groups is 1. The summed E-state index contributed by atoms with van der Waals surface area (Å²) in [7, 11) is 0. The van der Waals surface area contributed by atoms with Crippen molar-refractivity contribution in [2.45, 2.75) is 24.7 Å². The zero-order chi connectivity index (χ0) is 11.6. The molecule has 1 aliphatic carbocycles. The monoisotopic (exact) mass is 236 g/mol. The third-order valence-electron chi connectivity index (χ3n) is 3.07. The second-order valence-corrected chi connectivity index (χ2v) is 5.56. The molecule has 0 aromatic heterocycles. The lowest BCUT2D eigenvalue weighted by Crippen LogP contribution is -2.19. The van der Waals surface area contributed by atoms with Crippen LogP contribution in [0.4, 0.5) is 0 Å². The molecule has 0 radical (unpaired) electrons. The molecular weight excluding hydrogens is 220 g/mol. The standard InChI is InChI=1S/C13H16O2S/c1-2-16-11-5-3-10(4-6-11)12(15)13(9-14)7-8-13/h3-6,14H,2,7-9H2,1H3. The largest absolute Gasteiger partial charge is 0.395 e. The molecule has 0 atom stereocenters. The van der Waals surface area contributed by atoms with Gasteiger partial charge in [-0.05, 0) is 30.7 Å². The van der Waals surface area contributed by atoms with Crippen molar-refractivity contribution in [2.24, 2.45) is 5.41 Å². The number of hydrogen-bond donors (Lipinski definition) is 1. The fraction of sp³-hybridized carbons (Fsp3) is 0.462. The Balaban J connectivity index is 2.13. The number of Topliss-reactive ketones (excluding diaryl/α,β-unsaturated/α-hetero) is 1. The molecule has 0 amide bonds. The summed E-state index contributed by atoms with van der Waals surface area (Å²) in [6.07, 6.45) is 1.65. The molecule has 1 aliphatic rings. The molecule has 2 nitrogen and oxygen atoms in total. The van der Waals surface area contributed by atoms with Crippen LogP contribution in [0.1, 0.15) is 30.1 Å². The van der Waals surface area contributed by atoms with Gasteiger partial charge in [-0.25, -0.2) is 0 Å². The Labute approximate surface area is 100 Å². The van der Waals surface area contributed by atoms with E-state index in [0.29, 0.717) is 0 Å². The Bertz CT molecular complexity index is 379. The van der Waals surface area contributed by atoms with Crippen LogP contribution in [0, 0.1) is 5.41 Å². The van der Waals surface area contributed by atoms with E-state index in [2.05, 4.69) is 6.92 Å². The highest BCUT2D eigenvalue weighted by Gasteiger charge is 2.49. The van der Waals surface area contributed by atoms with Gasteiger partial charge in [-0.3, -0.25) is 4.79 Å². The van der Waals surface area contributed by atoms with Crippen LogP contribution in [0.3, 0.4) is 0 Å². The van der Waals surface area contributed by atoms with E-state index in [1.807, 2.05) is 24.3 Å². The second-order valence-electron chi connectivity index (χ2n) is 4.22. The summed E-state index contributed by atoms with van der Waals surface area (Å²) < 4.78 is 0. The predicted molar refractivity (Wildman–Crippen MR) is 65.9 cm³/mol. The lowest BCUT2D eigenvalue weighted by atomic mass is 9.96. The van der Waals surface area contributed by atoms with Crippen LogP contribution in [0.25, 0.3) is 0 Å². The molecule has 3 heteroatoms. The topological polar surface area (TPSA) is 37.3 Å². The van der Waals surface area contributed by atoms with E-state index in [9.17, 15) is 9.90 Å². The van der Waals surface area contributed by atoms with Crippen molar-refractivity contribution < 1.29 is 9.90 Å². The van der Waals surface area contributed by atoms with Crippen LogP contribution in [-0.2, 0) is 0 Å². The molecule has 1 saturated carbocycles. The minimum atomic E-state index is -0.445. The van der Waals surface area contributed by atoms with E-state index < -0.39 is 5.41 Å². The average molecular weight is 236 g/mol. The summed E-state index contributed by atoms with van der Waals surface area (Å²) in [5.74, 6) is 1.14. The van der Waals surface area contributed by atoms with Gasteiger partial charge < -0.3 is 5.11 Å². The molecule has 0 saturated heterocycles. The van der Waals surface area contributed by atoms with Crippen molar-refractivity contribution in [3.05, 3.63) is 29.8 Å². The molecule has 86 valence electrons. The van der Waals surface area contributed by atoms with Gasteiger partial charge in [0.1, 0.15) is 0 Å². The molecule has 0 heterocycles. The van der Waals surface area contributed by atoms with Crippen molar-refractivity contribution in [3.8, 4) is 0 Å². The number of benzene rings is 1. The summed E-state index contributed by atoms with van der Waals surface area (Å²) >= 11 is 1.76. The Hall–Kier alpha value is -0.800. The highest BCUT2D eigenvalue weighted by molar-refractivity contribution is 7.99. The third kappa shape index (κ3) is 2.15. The van der Waals surface area contributed by atoms with Crippen molar-refractivity contribution in [1.82, 2.24) is 0 Å². The van der Waals surface area contributed by atoms with Crippen LogP contribution < -0.4 is 0 Å². The molecular formula is C13H16O2S. The molecule has 1 aromatic rings. The van der Waals surface area contributed by atoms with E-state index in [1.54, 1.807) is 11.8 Å². The van der Waals surface area contributed by atoms with Gasteiger partial charge in [-0.2, -0.15) is 0 Å². The Morgan fingerprint density at radius 3 is 2.44 bits per heavy atom. The van der Waals surface area contributed by atoms with E-state index in [4.69, 9.17) is 0 Å². The fourth-order valence-electron chi connectivity index (χ4n) is 1.78. The third-order valence-corrected chi connectivity index (χ3v) is 3.96. The lowest BCUT2D eigenvalue weighted by Gasteiger charge is -2.10. The minimum Gasteiger partial charge on any atom is -0.395 e. The Morgan fingerprint density at radius 1 is 1.38 bits per heavy atom. The summed E-state index contributed by atoms with van der Waals surface area (Å²) in [6.45, 7) is 2.09. The van der Waals surface area contributed by atoms with Crippen molar-refractivity contribution in [2.75, 3.05) is 12.4 Å². The summed E-state index contributed by atoms with van der Waals surface area (Å²) in [6, 6.07) is 7.70. The van der Waals surface area contributed by atoms with Gasteiger partial charge in [0.2, 0.25) is 0 Å². The van der Waals surface area contributed by atoms with Crippen LogP contribution in [0.15, 0.2) is 29.2 Å². The molecule has 1 N–H and O–H groups in total.